The Morgan fingerprint density at radius 1 is 1.26 bits per heavy atom. The lowest BCUT2D eigenvalue weighted by molar-refractivity contribution is 0.0950. The number of carbonyl (C=O) groups excluding carboxylic acids is 1. The lowest BCUT2D eigenvalue weighted by Crippen LogP contribution is -2.24. The van der Waals surface area contributed by atoms with Crippen LogP contribution in [0.2, 0.25) is 0 Å². The van der Waals surface area contributed by atoms with E-state index in [-0.39, 0.29) is 12.0 Å². The summed E-state index contributed by atoms with van der Waals surface area (Å²) in [6.07, 6.45) is 6.69. The van der Waals surface area contributed by atoms with Gasteiger partial charge in [0.05, 0.1) is 18.8 Å². The number of aromatic nitrogens is 2. The number of nitrogens with one attached hydrogen (secondary N) is 1. The number of nitrogens with zero attached hydrogens (tertiary/aromatic N) is 3. The van der Waals surface area contributed by atoms with E-state index in [1.54, 1.807) is 24.5 Å². The van der Waals surface area contributed by atoms with Crippen molar-refractivity contribution in [1.82, 2.24) is 15.3 Å². The summed E-state index contributed by atoms with van der Waals surface area (Å²) in [6, 6.07) is 7.43. The Bertz CT molecular complexity index is 769. The number of carbonyl (C=O) groups is 1. The smallest absolute Gasteiger partial charge is 0.253 e. The first kappa shape index (κ1) is 17.7. The van der Waals surface area contributed by atoms with E-state index in [0.29, 0.717) is 24.6 Å². The summed E-state index contributed by atoms with van der Waals surface area (Å²) in [5, 5.41) is 2.94. The highest BCUT2D eigenvalue weighted by molar-refractivity contribution is 5.93. The lowest BCUT2D eigenvalue weighted by atomic mass is 10.2. The molecule has 4 heterocycles. The molecule has 7 heteroatoms. The molecule has 27 heavy (non-hydrogen) atoms. The number of pyridine rings is 2. The largest absolute Gasteiger partial charge is 0.472 e. The number of rotatable bonds is 6. The zero-order valence-electron chi connectivity index (χ0n) is 15.3. The van der Waals surface area contributed by atoms with Gasteiger partial charge in [0.1, 0.15) is 11.9 Å². The molecule has 2 fully saturated rings. The Morgan fingerprint density at radius 3 is 2.89 bits per heavy atom. The van der Waals surface area contributed by atoms with Crippen molar-refractivity contribution in [2.45, 2.75) is 31.9 Å². The quantitative estimate of drug-likeness (QED) is 0.842. The average Bonchev–Trinajstić information content (AvgIpc) is 3.41. The second-order valence-electron chi connectivity index (χ2n) is 6.89. The Kier molecular flexibility index (Phi) is 5.48. The summed E-state index contributed by atoms with van der Waals surface area (Å²) in [4.78, 5) is 23.3. The standard InChI is InChI=1S/C20H24N4O3/c25-20(16-3-4-19(22-13-16)27-17-6-10-26-14-17)23-12-15-5-7-21-18(11-15)24-8-1-2-9-24/h3-5,7,11,13,17H,1-2,6,8-10,12,14H2,(H,23,25)/t17-/m1/s1. The maximum Gasteiger partial charge on any atom is 0.253 e. The van der Waals surface area contributed by atoms with Crippen LogP contribution in [0.5, 0.6) is 5.88 Å². The normalized spacial score (nSPS) is 19.3. The van der Waals surface area contributed by atoms with E-state index in [1.165, 1.54) is 12.8 Å². The first-order valence-electron chi connectivity index (χ1n) is 9.46. The summed E-state index contributed by atoms with van der Waals surface area (Å²) in [6.45, 7) is 3.88. The van der Waals surface area contributed by atoms with Crippen LogP contribution in [-0.2, 0) is 11.3 Å². The zero-order chi connectivity index (χ0) is 18.5. The summed E-state index contributed by atoms with van der Waals surface area (Å²) >= 11 is 0. The topological polar surface area (TPSA) is 76.6 Å². The molecule has 7 nitrogen and oxygen atoms in total. The minimum atomic E-state index is -0.155. The fraction of sp³-hybridized carbons (Fsp3) is 0.450. The molecule has 0 aliphatic carbocycles. The Balaban J connectivity index is 1.31. The number of ether oxygens (including phenoxy) is 2. The monoisotopic (exact) mass is 368 g/mol. The Labute approximate surface area is 158 Å². The maximum atomic E-state index is 12.4. The van der Waals surface area contributed by atoms with Gasteiger partial charge in [-0.1, -0.05) is 0 Å². The van der Waals surface area contributed by atoms with Gasteiger partial charge in [-0.3, -0.25) is 4.79 Å². The van der Waals surface area contributed by atoms with Crippen LogP contribution in [0, 0.1) is 0 Å². The van der Waals surface area contributed by atoms with E-state index < -0.39 is 0 Å². The predicted octanol–water partition coefficient (Wildman–Crippen LogP) is 2.17. The maximum absolute atomic E-state index is 12.4. The molecule has 0 radical (unpaired) electrons. The van der Waals surface area contributed by atoms with Gasteiger partial charge in [0.25, 0.3) is 5.91 Å². The molecule has 142 valence electrons. The van der Waals surface area contributed by atoms with Gasteiger partial charge < -0.3 is 19.7 Å². The van der Waals surface area contributed by atoms with E-state index in [9.17, 15) is 4.79 Å². The Hall–Kier alpha value is -2.67. The van der Waals surface area contributed by atoms with Gasteiger partial charge in [0.15, 0.2) is 0 Å². The molecular weight excluding hydrogens is 344 g/mol. The number of hydrogen-bond donors (Lipinski definition) is 1. The molecule has 2 aromatic heterocycles. The molecule has 1 atom stereocenters. The molecule has 4 rings (SSSR count). The SMILES string of the molecule is O=C(NCc1ccnc(N2CCCC2)c1)c1ccc(O[C@@H]2CCOC2)nc1. The molecule has 1 N–H and O–H groups in total. The van der Waals surface area contributed by atoms with Gasteiger partial charge in [-0.25, -0.2) is 9.97 Å². The fourth-order valence-corrected chi connectivity index (χ4v) is 3.34. The summed E-state index contributed by atoms with van der Waals surface area (Å²) < 4.78 is 11.0. The van der Waals surface area contributed by atoms with Gasteiger partial charge in [0.2, 0.25) is 5.88 Å². The highest BCUT2D eigenvalue weighted by atomic mass is 16.5. The highest BCUT2D eigenvalue weighted by Crippen LogP contribution is 2.18. The van der Waals surface area contributed by atoms with Crippen molar-refractivity contribution in [1.29, 1.82) is 0 Å². The number of hydrogen-bond acceptors (Lipinski definition) is 6. The van der Waals surface area contributed by atoms with Gasteiger partial charge in [-0.2, -0.15) is 0 Å². The van der Waals surface area contributed by atoms with Gasteiger partial charge in [-0.15, -0.1) is 0 Å². The Morgan fingerprint density at radius 2 is 2.15 bits per heavy atom. The number of amides is 1. The van der Waals surface area contributed by atoms with Gasteiger partial charge in [0, 0.05) is 44.5 Å². The van der Waals surface area contributed by atoms with Crippen molar-refractivity contribution < 1.29 is 14.3 Å². The van der Waals surface area contributed by atoms with Crippen LogP contribution in [0.4, 0.5) is 5.82 Å². The number of anilines is 1. The fourth-order valence-electron chi connectivity index (χ4n) is 3.34. The van der Waals surface area contributed by atoms with E-state index in [1.807, 2.05) is 12.1 Å². The summed E-state index contributed by atoms with van der Waals surface area (Å²) in [5.41, 5.74) is 1.55. The van der Waals surface area contributed by atoms with Crippen molar-refractivity contribution in [3.63, 3.8) is 0 Å². The van der Waals surface area contributed by atoms with E-state index in [0.717, 1.165) is 37.5 Å². The molecule has 1 amide bonds. The van der Waals surface area contributed by atoms with Gasteiger partial charge in [-0.05, 0) is 36.6 Å². The molecule has 0 bridgehead atoms. The molecule has 2 aliphatic heterocycles. The zero-order valence-corrected chi connectivity index (χ0v) is 15.3. The van der Waals surface area contributed by atoms with E-state index in [2.05, 4.69) is 20.2 Å². The molecule has 2 aromatic rings. The molecule has 2 aliphatic rings. The molecule has 0 spiro atoms. The van der Waals surface area contributed by atoms with Crippen molar-refractivity contribution in [2.24, 2.45) is 0 Å². The van der Waals surface area contributed by atoms with E-state index in [4.69, 9.17) is 9.47 Å². The van der Waals surface area contributed by atoms with Crippen LogP contribution in [-0.4, -0.2) is 48.3 Å². The van der Waals surface area contributed by atoms with E-state index >= 15 is 0 Å². The third-order valence-corrected chi connectivity index (χ3v) is 4.87. The average molecular weight is 368 g/mol. The molecule has 0 saturated carbocycles. The first-order valence-corrected chi connectivity index (χ1v) is 9.46. The van der Waals surface area contributed by atoms with Crippen LogP contribution in [0.15, 0.2) is 36.7 Å². The van der Waals surface area contributed by atoms with Crippen LogP contribution >= 0.6 is 0 Å². The third-order valence-electron chi connectivity index (χ3n) is 4.87. The predicted molar refractivity (Wildman–Crippen MR) is 101 cm³/mol. The van der Waals surface area contributed by atoms with Crippen molar-refractivity contribution in [2.75, 3.05) is 31.2 Å². The first-order chi connectivity index (χ1) is 13.3. The van der Waals surface area contributed by atoms with Crippen LogP contribution in [0.1, 0.15) is 35.2 Å². The van der Waals surface area contributed by atoms with Crippen molar-refractivity contribution in [3.8, 4) is 5.88 Å². The molecule has 0 unspecified atom stereocenters. The van der Waals surface area contributed by atoms with Crippen LogP contribution in [0.3, 0.4) is 0 Å². The molecule has 2 saturated heterocycles. The van der Waals surface area contributed by atoms with Crippen LogP contribution < -0.4 is 15.0 Å². The second-order valence-corrected chi connectivity index (χ2v) is 6.89. The minimum Gasteiger partial charge on any atom is -0.472 e. The third kappa shape index (κ3) is 4.54. The summed E-state index contributed by atoms with van der Waals surface area (Å²) in [5.74, 6) is 1.35. The van der Waals surface area contributed by atoms with Crippen molar-refractivity contribution in [3.05, 3.63) is 47.8 Å². The van der Waals surface area contributed by atoms with Crippen molar-refractivity contribution >= 4 is 11.7 Å². The lowest BCUT2D eigenvalue weighted by Gasteiger charge is -2.17. The highest BCUT2D eigenvalue weighted by Gasteiger charge is 2.18. The molecule has 0 aromatic carbocycles. The van der Waals surface area contributed by atoms with Gasteiger partial charge >= 0.3 is 0 Å². The molecular formula is C20H24N4O3. The minimum absolute atomic E-state index is 0.0497. The summed E-state index contributed by atoms with van der Waals surface area (Å²) in [7, 11) is 0. The second kappa shape index (κ2) is 8.35. The van der Waals surface area contributed by atoms with Crippen LogP contribution in [0.25, 0.3) is 0 Å².